The number of benzene rings is 1. The van der Waals surface area contributed by atoms with Crippen LogP contribution in [0.15, 0.2) is 46.2 Å². The van der Waals surface area contributed by atoms with Gasteiger partial charge in [0.05, 0.1) is 5.75 Å². The van der Waals surface area contributed by atoms with Crippen LogP contribution in [-0.4, -0.2) is 21.6 Å². The molecule has 0 aliphatic heterocycles. The molecular formula is C13H12BrN3OS. The molecule has 0 bridgehead atoms. The monoisotopic (exact) mass is 337 g/mol. The number of thioether (sulfide) groups is 1. The van der Waals surface area contributed by atoms with Crippen LogP contribution < -0.4 is 5.32 Å². The van der Waals surface area contributed by atoms with Gasteiger partial charge in [-0.2, -0.15) is 0 Å². The van der Waals surface area contributed by atoms with Gasteiger partial charge >= 0.3 is 0 Å². The van der Waals surface area contributed by atoms with Crippen molar-refractivity contribution in [2.75, 3.05) is 11.1 Å². The Hall–Kier alpha value is -1.40. The standard InChI is InChI=1S/C13H12BrN3OS/c1-9-6-7-15-13(16-9)19-8-12(18)17-11-4-2-10(14)3-5-11/h2-7H,8H2,1H3,(H,17,18). The Labute approximate surface area is 124 Å². The lowest BCUT2D eigenvalue weighted by Gasteiger charge is -2.04. The van der Waals surface area contributed by atoms with Gasteiger partial charge in [0, 0.05) is 22.1 Å². The lowest BCUT2D eigenvalue weighted by atomic mass is 10.3. The number of carbonyl (C=O) groups excluding carboxylic acids is 1. The lowest BCUT2D eigenvalue weighted by molar-refractivity contribution is -0.113. The topological polar surface area (TPSA) is 54.9 Å². The van der Waals surface area contributed by atoms with Crippen LogP contribution in [0, 0.1) is 6.92 Å². The van der Waals surface area contributed by atoms with E-state index in [4.69, 9.17) is 0 Å². The van der Waals surface area contributed by atoms with Gasteiger partial charge in [0.15, 0.2) is 5.16 Å². The fourth-order valence-electron chi connectivity index (χ4n) is 1.36. The summed E-state index contributed by atoms with van der Waals surface area (Å²) >= 11 is 4.67. The number of amides is 1. The summed E-state index contributed by atoms with van der Waals surface area (Å²) in [6.45, 7) is 1.90. The van der Waals surface area contributed by atoms with Gasteiger partial charge in [-0.15, -0.1) is 0 Å². The largest absolute Gasteiger partial charge is 0.325 e. The Bertz CT molecular complexity index is 574. The normalized spacial score (nSPS) is 10.2. The fourth-order valence-corrected chi connectivity index (χ4v) is 2.30. The second-order valence-electron chi connectivity index (χ2n) is 3.82. The molecule has 1 aromatic carbocycles. The number of carbonyl (C=O) groups is 1. The number of rotatable bonds is 4. The molecule has 0 atom stereocenters. The zero-order chi connectivity index (χ0) is 13.7. The SMILES string of the molecule is Cc1ccnc(SCC(=O)Nc2ccc(Br)cc2)n1. The van der Waals surface area contributed by atoms with E-state index in [-0.39, 0.29) is 5.91 Å². The Morgan fingerprint density at radius 2 is 2.05 bits per heavy atom. The van der Waals surface area contributed by atoms with Crippen LogP contribution >= 0.6 is 27.7 Å². The third-order valence-corrected chi connectivity index (χ3v) is 3.62. The summed E-state index contributed by atoms with van der Waals surface area (Å²) in [5.74, 6) is 0.219. The molecule has 0 spiro atoms. The van der Waals surface area contributed by atoms with Crippen LogP contribution in [0.2, 0.25) is 0 Å². The third kappa shape index (κ3) is 4.65. The van der Waals surface area contributed by atoms with E-state index in [1.807, 2.05) is 37.3 Å². The second kappa shape index (κ2) is 6.68. The molecule has 0 saturated heterocycles. The molecule has 1 N–H and O–H groups in total. The third-order valence-electron chi connectivity index (χ3n) is 2.23. The van der Waals surface area contributed by atoms with Gasteiger partial charge in [0.2, 0.25) is 5.91 Å². The first-order valence-electron chi connectivity index (χ1n) is 5.61. The van der Waals surface area contributed by atoms with Crippen LogP contribution in [0.1, 0.15) is 5.69 Å². The zero-order valence-corrected chi connectivity index (χ0v) is 12.7. The van der Waals surface area contributed by atoms with E-state index < -0.39 is 0 Å². The Morgan fingerprint density at radius 3 is 2.74 bits per heavy atom. The van der Waals surface area contributed by atoms with Gasteiger partial charge in [-0.3, -0.25) is 4.79 Å². The summed E-state index contributed by atoms with van der Waals surface area (Å²) in [5, 5.41) is 3.43. The highest BCUT2D eigenvalue weighted by Crippen LogP contribution is 2.16. The summed E-state index contributed by atoms with van der Waals surface area (Å²) in [4.78, 5) is 20.1. The average Bonchev–Trinajstić information content (AvgIpc) is 2.39. The molecule has 1 amide bonds. The van der Waals surface area contributed by atoms with Gasteiger partial charge in [0.25, 0.3) is 0 Å². The van der Waals surface area contributed by atoms with Gasteiger partial charge in [-0.1, -0.05) is 27.7 Å². The highest BCUT2D eigenvalue weighted by molar-refractivity contribution is 9.10. The zero-order valence-electron chi connectivity index (χ0n) is 10.3. The van der Waals surface area contributed by atoms with Crippen molar-refractivity contribution in [2.45, 2.75) is 12.1 Å². The van der Waals surface area contributed by atoms with E-state index in [0.717, 1.165) is 15.9 Å². The number of nitrogens with one attached hydrogen (secondary N) is 1. The van der Waals surface area contributed by atoms with Crippen molar-refractivity contribution in [1.82, 2.24) is 9.97 Å². The quantitative estimate of drug-likeness (QED) is 0.687. The summed E-state index contributed by atoms with van der Waals surface area (Å²) in [6.07, 6.45) is 1.69. The second-order valence-corrected chi connectivity index (χ2v) is 5.68. The first-order valence-corrected chi connectivity index (χ1v) is 7.39. The first kappa shape index (κ1) is 14.0. The number of hydrogen-bond donors (Lipinski definition) is 1. The number of aryl methyl sites for hydroxylation is 1. The molecule has 0 unspecified atom stereocenters. The summed E-state index contributed by atoms with van der Waals surface area (Å²) in [7, 11) is 0. The van der Waals surface area contributed by atoms with E-state index in [1.165, 1.54) is 11.8 Å². The molecule has 0 aliphatic carbocycles. The summed E-state index contributed by atoms with van der Waals surface area (Å²) in [5.41, 5.74) is 1.67. The Morgan fingerprint density at radius 1 is 1.32 bits per heavy atom. The molecule has 0 aliphatic rings. The summed E-state index contributed by atoms with van der Waals surface area (Å²) < 4.78 is 0.980. The number of aromatic nitrogens is 2. The smallest absolute Gasteiger partial charge is 0.234 e. The van der Waals surface area contributed by atoms with E-state index in [0.29, 0.717) is 10.9 Å². The highest BCUT2D eigenvalue weighted by Gasteiger charge is 2.05. The molecule has 2 aromatic rings. The van der Waals surface area contributed by atoms with E-state index in [1.54, 1.807) is 6.20 Å². The molecule has 6 heteroatoms. The Kier molecular flexibility index (Phi) is 4.93. The van der Waals surface area contributed by atoms with Crippen LogP contribution in [0.3, 0.4) is 0 Å². The predicted molar refractivity (Wildman–Crippen MR) is 80.3 cm³/mol. The van der Waals surface area contributed by atoms with Crippen molar-refractivity contribution in [3.8, 4) is 0 Å². The average molecular weight is 338 g/mol. The molecule has 1 aromatic heterocycles. The fraction of sp³-hybridized carbons (Fsp3) is 0.154. The maximum Gasteiger partial charge on any atom is 0.234 e. The van der Waals surface area contributed by atoms with Crippen molar-refractivity contribution in [3.05, 3.63) is 46.7 Å². The number of anilines is 1. The number of nitrogens with zero attached hydrogens (tertiary/aromatic N) is 2. The summed E-state index contributed by atoms with van der Waals surface area (Å²) in [6, 6.07) is 9.27. The molecular weight excluding hydrogens is 326 g/mol. The van der Waals surface area contributed by atoms with Crippen LogP contribution in [0.5, 0.6) is 0 Å². The molecule has 1 heterocycles. The van der Waals surface area contributed by atoms with Crippen molar-refractivity contribution in [2.24, 2.45) is 0 Å². The molecule has 0 fully saturated rings. The van der Waals surface area contributed by atoms with Crippen molar-refractivity contribution in [3.63, 3.8) is 0 Å². The van der Waals surface area contributed by atoms with Crippen LogP contribution in [0.4, 0.5) is 5.69 Å². The van der Waals surface area contributed by atoms with Crippen LogP contribution in [-0.2, 0) is 4.79 Å². The minimum absolute atomic E-state index is 0.0718. The molecule has 98 valence electrons. The van der Waals surface area contributed by atoms with Crippen molar-refractivity contribution < 1.29 is 4.79 Å². The Balaban J connectivity index is 1.86. The van der Waals surface area contributed by atoms with E-state index >= 15 is 0 Å². The van der Waals surface area contributed by atoms with Gasteiger partial charge in [0.1, 0.15) is 0 Å². The maximum absolute atomic E-state index is 11.8. The van der Waals surface area contributed by atoms with Gasteiger partial charge < -0.3 is 5.32 Å². The number of halogens is 1. The number of hydrogen-bond acceptors (Lipinski definition) is 4. The molecule has 0 saturated carbocycles. The molecule has 0 radical (unpaired) electrons. The maximum atomic E-state index is 11.8. The van der Waals surface area contributed by atoms with Crippen molar-refractivity contribution >= 4 is 39.3 Å². The molecule has 19 heavy (non-hydrogen) atoms. The minimum Gasteiger partial charge on any atom is -0.325 e. The van der Waals surface area contributed by atoms with Gasteiger partial charge in [-0.05, 0) is 37.3 Å². The van der Waals surface area contributed by atoms with E-state index in [2.05, 4.69) is 31.2 Å². The molecule has 4 nitrogen and oxygen atoms in total. The highest BCUT2D eigenvalue weighted by atomic mass is 79.9. The van der Waals surface area contributed by atoms with E-state index in [9.17, 15) is 4.79 Å². The first-order chi connectivity index (χ1) is 9.13. The predicted octanol–water partition coefficient (Wildman–Crippen LogP) is 3.28. The lowest BCUT2D eigenvalue weighted by Crippen LogP contribution is -2.14. The molecule has 2 rings (SSSR count). The minimum atomic E-state index is -0.0718. The van der Waals surface area contributed by atoms with Crippen LogP contribution in [0.25, 0.3) is 0 Å². The van der Waals surface area contributed by atoms with Gasteiger partial charge in [-0.25, -0.2) is 9.97 Å². The van der Waals surface area contributed by atoms with Crippen molar-refractivity contribution in [1.29, 1.82) is 0 Å².